The predicted octanol–water partition coefficient (Wildman–Crippen LogP) is 5.42. The molecular formula is C18H31Cl2OSiTi. The minimum atomic E-state index is -2.94. The van der Waals surface area contributed by atoms with Crippen molar-refractivity contribution >= 4 is 32.9 Å². The van der Waals surface area contributed by atoms with E-state index in [2.05, 4.69) is 74.6 Å². The summed E-state index contributed by atoms with van der Waals surface area (Å²) in [5.41, 5.74) is 2.96. The molecule has 5 heteroatoms. The number of allylic oxidation sites excluding steroid dienone is 4. The number of halogens is 2. The van der Waals surface area contributed by atoms with E-state index in [1.54, 1.807) is 3.88 Å². The van der Waals surface area contributed by atoms with Gasteiger partial charge in [-0.2, -0.15) is 0 Å². The Kier molecular flexibility index (Phi) is 7.50. The van der Waals surface area contributed by atoms with Gasteiger partial charge in [0.15, 0.2) is 0 Å². The summed E-state index contributed by atoms with van der Waals surface area (Å²) in [5.74, 6) is 1.06. The zero-order valence-corrected chi connectivity index (χ0v) is 20.6. The molecule has 131 valence electrons. The second-order valence-electron chi connectivity index (χ2n) is 8.61. The van der Waals surface area contributed by atoms with Gasteiger partial charge in [0, 0.05) is 0 Å². The molecule has 1 aromatic rings. The molecular weight excluding hydrogens is 379 g/mol. The third kappa shape index (κ3) is 5.51. The summed E-state index contributed by atoms with van der Waals surface area (Å²) in [6.45, 7) is 9.00. The first kappa shape index (κ1) is 23.0. The van der Waals surface area contributed by atoms with E-state index in [0.717, 1.165) is 20.3 Å². The normalized spacial score (nSPS) is 16.3. The zero-order valence-electron chi connectivity index (χ0n) is 15.4. The quantitative estimate of drug-likeness (QED) is 0.605. The first-order valence-corrected chi connectivity index (χ1v) is 18.1. The molecule has 23 heavy (non-hydrogen) atoms. The summed E-state index contributed by atoms with van der Waals surface area (Å²) in [6.07, 6.45) is 5.64. The molecule has 0 amide bonds. The van der Waals surface area contributed by atoms with Crippen molar-refractivity contribution in [1.82, 2.24) is 0 Å². The summed E-state index contributed by atoms with van der Waals surface area (Å²) >= 11 is -2.94. The molecule has 2 rings (SSSR count). The molecule has 1 aromatic carbocycles. The molecule has 0 radical (unpaired) electrons. The molecule has 1 nitrogen and oxygen atoms in total. The summed E-state index contributed by atoms with van der Waals surface area (Å²) in [6, 6.07) is 8.70. The molecule has 1 aliphatic rings. The number of rotatable bonds is 3. The van der Waals surface area contributed by atoms with Gasteiger partial charge in [0.05, 0.1) is 0 Å². The number of hydrogen-bond donors (Lipinski definition) is 0. The third-order valence-electron chi connectivity index (χ3n) is 4.37. The fraction of sp³-hybridized carbons (Fsp3) is 0.444. The first-order chi connectivity index (χ1) is 9.47. The summed E-state index contributed by atoms with van der Waals surface area (Å²) in [7, 11) is 1.13. The van der Waals surface area contributed by atoms with E-state index in [1.165, 1.54) is 11.1 Å². The standard InChI is InChI=1S/C10H14O.C6H7.2CH3.2ClH.H3Si.Ti/c1-10(2,3)8-5-4-6-9(11)7-8;1-6-4-2-3-5-6;;;;;;/h4-7,11H,1-3H3;2,4H,3H2,1H3;2*1H3;2*1H;1H3;/q;;;;;;;+1/p-1. The minimum Gasteiger partial charge on any atom is -0.147 e. The fourth-order valence-electron chi connectivity index (χ4n) is 3.14. The van der Waals surface area contributed by atoms with E-state index in [9.17, 15) is 0 Å². The molecule has 0 spiro atoms. The van der Waals surface area contributed by atoms with E-state index >= 15 is 0 Å². The van der Waals surface area contributed by atoms with Crippen LogP contribution < -0.4 is 3.32 Å². The Morgan fingerprint density at radius 1 is 1.13 bits per heavy atom. The van der Waals surface area contributed by atoms with E-state index < -0.39 is 14.9 Å². The largest absolute Gasteiger partial charge is 0.147 e. The van der Waals surface area contributed by atoms with Crippen molar-refractivity contribution in [2.45, 2.75) is 50.0 Å². The number of benzene rings is 1. The Balaban J connectivity index is 0.00000242. The second-order valence-corrected chi connectivity index (χ2v) is 31.1. The summed E-state index contributed by atoms with van der Waals surface area (Å²) < 4.78 is 8.35. The van der Waals surface area contributed by atoms with Gasteiger partial charge in [0.1, 0.15) is 0 Å². The topological polar surface area (TPSA) is 9.23 Å². The fourth-order valence-corrected chi connectivity index (χ4v) is 11.8. The molecule has 0 N–H and O–H groups in total. The molecule has 0 atom stereocenters. The SMILES string of the molecule is CC1=[C]([Ti]([CH3])([CH3])([SiH3])[O]c2cccc(C(C)(C)C)c2)CC=C1.Cl.Cl. The van der Waals surface area contributed by atoms with Crippen LogP contribution in [0.3, 0.4) is 0 Å². The van der Waals surface area contributed by atoms with Crippen LogP contribution in [0.15, 0.2) is 45.9 Å². The molecule has 0 unspecified atom stereocenters. The van der Waals surface area contributed by atoms with Crippen molar-refractivity contribution in [3.05, 3.63) is 51.4 Å². The van der Waals surface area contributed by atoms with E-state index in [1.807, 2.05) is 0 Å². The number of hydrogen-bond acceptors (Lipinski definition) is 1. The molecule has 1 aliphatic carbocycles. The van der Waals surface area contributed by atoms with Gasteiger partial charge in [-0.1, -0.05) is 0 Å². The van der Waals surface area contributed by atoms with Crippen molar-refractivity contribution in [3.8, 4) is 5.75 Å². The van der Waals surface area contributed by atoms with Crippen molar-refractivity contribution in [2.24, 2.45) is 0 Å². The molecule has 0 heterocycles. The summed E-state index contributed by atoms with van der Waals surface area (Å²) in [5, 5.41) is 4.86. The van der Waals surface area contributed by atoms with Crippen LogP contribution in [0.2, 0.25) is 10.5 Å². The van der Waals surface area contributed by atoms with Gasteiger partial charge >= 0.3 is 134 Å². The van der Waals surface area contributed by atoms with E-state index in [0.29, 0.717) is 0 Å². The van der Waals surface area contributed by atoms with Gasteiger partial charge in [-0.3, -0.25) is 0 Å². The molecule has 0 saturated carbocycles. The van der Waals surface area contributed by atoms with Gasteiger partial charge in [0.2, 0.25) is 0 Å². The van der Waals surface area contributed by atoms with Crippen LogP contribution in [-0.4, -0.2) is 8.11 Å². The van der Waals surface area contributed by atoms with Crippen molar-refractivity contribution in [3.63, 3.8) is 0 Å². The maximum Gasteiger partial charge on any atom is -0.147 e. The Bertz CT molecular complexity index is 622. The van der Waals surface area contributed by atoms with Crippen LogP contribution in [-0.2, 0) is 20.4 Å². The zero-order chi connectivity index (χ0) is 15.9. The van der Waals surface area contributed by atoms with Crippen LogP contribution in [0, 0.1) is 0 Å². The predicted molar refractivity (Wildman–Crippen MR) is 108 cm³/mol. The maximum atomic E-state index is 6.74. The molecule has 0 aromatic heterocycles. The molecule has 0 bridgehead atoms. The Morgan fingerprint density at radius 3 is 2.22 bits per heavy atom. The van der Waals surface area contributed by atoms with Crippen LogP contribution >= 0.6 is 24.8 Å². The Labute approximate surface area is 157 Å². The summed E-state index contributed by atoms with van der Waals surface area (Å²) in [4.78, 5) is 0. The van der Waals surface area contributed by atoms with Crippen molar-refractivity contribution in [2.75, 3.05) is 0 Å². The van der Waals surface area contributed by atoms with Gasteiger partial charge in [-0.25, -0.2) is 0 Å². The average molecular weight is 410 g/mol. The van der Waals surface area contributed by atoms with Gasteiger partial charge < -0.3 is 0 Å². The smallest absolute Gasteiger partial charge is 0.147 e. The average Bonchev–Trinajstić information content (AvgIpc) is 2.74. The minimum absolute atomic E-state index is 0. The Hall–Kier alpha value is 0.0112. The van der Waals surface area contributed by atoms with Gasteiger partial charge in [0.25, 0.3) is 0 Å². The molecule has 0 fully saturated rings. The van der Waals surface area contributed by atoms with Crippen molar-refractivity contribution in [1.29, 1.82) is 0 Å². The first-order valence-electron chi connectivity index (χ1n) is 7.86. The van der Waals surface area contributed by atoms with E-state index in [-0.39, 0.29) is 30.2 Å². The van der Waals surface area contributed by atoms with Gasteiger partial charge in [-0.15, -0.1) is 24.8 Å². The van der Waals surface area contributed by atoms with Crippen LogP contribution in [0.4, 0.5) is 0 Å². The van der Waals surface area contributed by atoms with Crippen molar-refractivity contribution < 1.29 is 18.3 Å². The third-order valence-corrected chi connectivity index (χ3v) is 13.3. The molecule has 0 aliphatic heterocycles. The van der Waals surface area contributed by atoms with Crippen LogP contribution in [0.1, 0.15) is 39.7 Å². The van der Waals surface area contributed by atoms with Gasteiger partial charge in [-0.05, 0) is 0 Å². The van der Waals surface area contributed by atoms with Crippen LogP contribution in [0.5, 0.6) is 5.75 Å². The second kappa shape index (κ2) is 7.49. The monoisotopic (exact) mass is 409 g/mol. The van der Waals surface area contributed by atoms with E-state index in [4.69, 9.17) is 3.32 Å². The Morgan fingerprint density at radius 2 is 1.74 bits per heavy atom. The maximum absolute atomic E-state index is 6.74. The molecule has 0 saturated heterocycles. The van der Waals surface area contributed by atoms with Crippen LogP contribution in [0.25, 0.3) is 0 Å².